The Kier molecular flexibility index (Phi) is 11.5. The number of likely N-dealkylation sites (tertiary alicyclic amines) is 2. The molecular weight excluding hydrogens is 292 g/mol. The maximum atomic E-state index is 2.60. The van der Waals surface area contributed by atoms with Crippen molar-refractivity contribution < 1.29 is 0 Å². The second-order valence-corrected chi connectivity index (χ2v) is 9.33. The van der Waals surface area contributed by atoms with Crippen LogP contribution in [-0.2, 0) is 0 Å². The zero-order valence-electron chi connectivity index (χ0n) is 18.7. The van der Waals surface area contributed by atoms with Crippen molar-refractivity contribution in [1.29, 1.82) is 0 Å². The largest absolute Gasteiger partial charge is 0.300 e. The van der Waals surface area contributed by atoms with Crippen molar-refractivity contribution in [3.05, 3.63) is 0 Å². The number of piperidine rings is 2. The zero-order chi connectivity index (χ0) is 18.9. The summed E-state index contributed by atoms with van der Waals surface area (Å²) in [4.78, 5) is 5.18. The van der Waals surface area contributed by atoms with Crippen molar-refractivity contribution in [3.63, 3.8) is 0 Å². The third-order valence-electron chi connectivity index (χ3n) is 5.29. The minimum Gasteiger partial charge on any atom is -0.300 e. The Bertz CT molecular complexity index is 293. The summed E-state index contributed by atoms with van der Waals surface area (Å²) < 4.78 is 0. The van der Waals surface area contributed by atoms with Gasteiger partial charge in [0.2, 0.25) is 0 Å². The van der Waals surface area contributed by atoms with Crippen LogP contribution in [0.3, 0.4) is 0 Å². The van der Waals surface area contributed by atoms with E-state index in [1.807, 2.05) is 13.8 Å². The van der Waals surface area contributed by atoms with Crippen molar-refractivity contribution in [2.45, 2.75) is 101 Å². The lowest BCUT2D eigenvalue weighted by Crippen LogP contribution is -2.43. The highest BCUT2D eigenvalue weighted by atomic mass is 15.2. The summed E-state index contributed by atoms with van der Waals surface area (Å²) in [7, 11) is 0. The molecule has 2 atom stereocenters. The quantitative estimate of drug-likeness (QED) is 0.616. The molecule has 2 unspecified atom stereocenters. The van der Waals surface area contributed by atoms with Gasteiger partial charge in [0.1, 0.15) is 0 Å². The van der Waals surface area contributed by atoms with E-state index in [1.54, 1.807) is 0 Å². The molecule has 2 rings (SSSR count). The van der Waals surface area contributed by atoms with Crippen molar-refractivity contribution in [1.82, 2.24) is 9.80 Å². The van der Waals surface area contributed by atoms with Crippen LogP contribution in [0.1, 0.15) is 88.5 Å². The average molecular weight is 341 g/mol. The molecule has 24 heavy (non-hydrogen) atoms. The van der Waals surface area contributed by atoms with Gasteiger partial charge in [-0.15, -0.1) is 0 Å². The van der Waals surface area contributed by atoms with Gasteiger partial charge in [0.15, 0.2) is 0 Å². The SMILES string of the molecule is CC.CC(C)N1CCCC(C)(C)C1.CC1CC(C)CN(C(C)C)C1. The molecular formula is C22H48N2. The van der Waals surface area contributed by atoms with Gasteiger partial charge in [-0.2, -0.15) is 0 Å². The highest BCUT2D eigenvalue weighted by Crippen LogP contribution is 2.29. The lowest BCUT2D eigenvalue weighted by molar-refractivity contribution is 0.0913. The van der Waals surface area contributed by atoms with Crippen LogP contribution in [0.25, 0.3) is 0 Å². The van der Waals surface area contributed by atoms with Gasteiger partial charge in [0.25, 0.3) is 0 Å². The molecule has 0 spiro atoms. The first-order valence-electron chi connectivity index (χ1n) is 10.6. The van der Waals surface area contributed by atoms with E-state index < -0.39 is 0 Å². The molecule has 2 saturated heterocycles. The topological polar surface area (TPSA) is 6.48 Å². The lowest BCUT2D eigenvalue weighted by Gasteiger charge is -2.40. The van der Waals surface area contributed by atoms with Crippen LogP contribution in [0.2, 0.25) is 0 Å². The molecule has 0 aromatic carbocycles. The van der Waals surface area contributed by atoms with Gasteiger partial charge in [0.05, 0.1) is 0 Å². The fourth-order valence-electron chi connectivity index (χ4n) is 4.04. The first kappa shape index (κ1) is 23.9. The standard InChI is InChI=1S/2C10H21N.C2H6/c1-8(2)11-6-9(3)5-10(4)7-11;1-9(2)11-7-5-6-10(3,4)8-11;1-2/h8-10H,5-7H2,1-4H3;9H,5-8H2,1-4H3;1-2H3. The van der Waals surface area contributed by atoms with Gasteiger partial charge in [-0.25, -0.2) is 0 Å². The molecule has 0 bridgehead atoms. The van der Waals surface area contributed by atoms with Gasteiger partial charge in [-0.1, -0.05) is 41.5 Å². The first-order chi connectivity index (χ1) is 11.1. The Morgan fingerprint density at radius 2 is 1.29 bits per heavy atom. The fraction of sp³-hybridized carbons (Fsp3) is 1.00. The van der Waals surface area contributed by atoms with Crippen LogP contribution in [0, 0.1) is 17.3 Å². The minimum atomic E-state index is 0.558. The zero-order valence-corrected chi connectivity index (χ0v) is 18.7. The molecule has 2 fully saturated rings. The normalized spacial score (nSPS) is 28.0. The first-order valence-corrected chi connectivity index (χ1v) is 10.6. The Balaban J connectivity index is 0.000000400. The van der Waals surface area contributed by atoms with E-state index in [0.717, 1.165) is 23.9 Å². The summed E-state index contributed by atoms with van der Waals surface area (Å²) in [5, 5.41) is 0. The second-order valence-electron chi connectivity index (χ2n) is 9.33. The highest BCUT2D eigenvalue weighted by Gasteiger charge is 2.27. The molecule has 0 aliphatic carbocycles. The van der Waals surface area contributed by atoms with Crippen LogP contribution in [-0.4, -0.2) is 48.1 Å². The second kappa shape index (κ2) is 11.5. The summed E-state index contributed by atoms with van der Waals surface area (Å²) >= 11 is 0. The number of hydrogen-bond acceptors (Lipinski definition) is 2. The summed E-state index contributed by atoms with van der Waals surface area (Å²) in [6, 6.07) is 1.47. The van der Waals surface area contributed by atoms with E-state index in [4.69, 9.17) is 0 Å². The van der Waals surface area contributed by atoms with Gasteiger partial charge < -0.3 is 9.80 Å². The van der Waals surface area contributed by atoms with E-state index in [9.17, 15) is 0 Å². The van der Waals surface area contributed by atoms with Gasteiger partial charge >= 0.3 is 0 Å². The Morgan fingerprint density at radius 1 is 0.833 bits per heavy atom. The molecule has 2 nitrogen and oxygen atoms in total. The van der Waals surface area contributed by atoms with Gasteiger partial charge in [-0.05, 0) is 70.8 Å². The summed E-state index contributed by atoms with van der Waals surface area (Å²) in [6.45, 7) is 27.9. The predicted octanol–water partition coefficient (Wildman–Crippen LogP) is 5.92. The van der Waals surface area contributed by atoms with E-state index >= 15 is 0 Å². The Hall–Kier alpha value is -0.0800. The molecule has 0 saturated carbocycles. The molecule has 0 aromatic rings. The third kappa shape index (κ3) is 9.42. The molecule has 2 heteroatoms. The molecule has 0 aromatic heterocycles. The van der Waals surface area contributed by atoms with Crippen molar-refractivity contribution >= 4 is 0 Å². The average Bonchev–Trinajstić information content (AvgIpc) is 2.48. The molecule has 2 aliphatic rings. The molecule has 0 radical (unpaired) electrons. The van der Waals surface area contributed by atoms with Crippen molar-refractivity contribution in [2.75, 3.05) is 26.2 Å². The third-order valence-corrected chi connectivity index (χ3v) is 5.29. The van der Waals surface area contributed by atoms with Crippen LogP contribution in [0.15, 0.2) is 0 Å². The lowest BCUT2D eigenvalue weighted by atomic mass is 9.84. The van der Waals surface area contributed by atoms with Crippen molar-refractivity contribution in [3.8, 4) is 0 Å². The summed E-state index contributed by atoms with van der Waals surface area (Å²) in [5.41, 5.74) is 0.558. The van der Waals surface area contributed by atoms with E-state index in [2.05, 4.69) is 65.2 Å². The smallest absolute Gasteiger partial charge is 0.00388 e. The molecule has 2 aliphatic heterocycles. The summed E-state index contributed by atoms with van der Waals surface area (Å²) in [5.74, 6) is 1.81. The van der Waals surface area contributed by atoms with Crippen molar-refractivity contribution in [2.24, 2.45) is 17.3 Å². The van der Waals surface area contributed by atoms with Crippen LogP contribution < -0.4 is 0 Å². The number of nitrogens with zero attached hydrogens (tertiary/aromatic N) is 2. The van der Waals surface area contributed by atoms with Gasteiger partial charge in [-0.3, -0.25) is 0 Å². The number of rotatable bonds is 2. The summed E-state index contributed by atoms with van der Waals surface area (Å²) in [6.07, 6.45) is 4.20. The van der Waals surface area contributed by atoms with Crippen LogP contribution in [0.5, 0.6) is 0 Å². The minimum absolute atomic E-state index is 0.558. The van der Waals surface area contributed by atoms with E-state index in [-0.39, 0.29) is 0 Å². The van der Waals surface area contributed by atoms with Gasteiger partial charge in [0, 0.05) is 31.7 Å². The maximum absolute atomic E-state index is 2.60. The highest BCUT2D eigenvalue weighted by molar-refractivity contribution is 4.81. The molecule has 2 heterocycles. The molecule has 0 amide bonds. The fourth-order valence-corrected chi connectivity index (χ4v) is 4.04. The maximum Gasteiger partial charge on any atom is 0.00388 e. The van der Waals surface area contributed by atoms with E-state index in [0.29, 0.717) is 5.41 Å². The predicted molar refractivity (Wildman–Crippen MR) is 111 cm³/mol. The Labute approximate surface area is 154 Å². The number of hydrogen-bond donors (Lipinski definition) is 0. The van der Waals surface area contributed by atoms with Crippen LogP contribution >= 0.6 is 0 Å². The monoisotopic (exact) mass is 340 g/mol. The van der Waals surface area contributed by atoms with E-state index in [1.165, 1.54) is 45.4 Å². The van der Waals surface area contributed by atoms with Crippen LogP contribution in [0.4, 0.5) is 0 Å². The Morgan fingerprint density at radius 3 is 1.62 bits per heavy atom. The molecule has 146 valence electrons. The molecule has 0 N–H and O–H groups in total.